The standard InChI is InChI=1S/C20H21F2N5O2/c1-13-3-2-4-16(24-13)19-26-17(25-14-5-7-20(21,22)8-6-14)9-18(27-19)28-11-15-10-23-12-29-15/h2-4,9-10,12,14H,5-8,11H2,1H3,(H,25,26,27). The molecule has 0 aromatic carbocycles. The first kappa shape index (κ1) is 19.2. The van der Waals surface area contributed by atoms with Gasteiger partial charge in [0.25, 0.3) is 0 Å². The Hall–Kier alpha value is -3.10. The van der Waals surface area contributed by atoms with Crippen molar-refractivity contribution in [3.63, 3.8) is 0 Å². The molecule has 0 bridgehead atoms. The van der Waals surface area contributed by atoms with Crippen LogP contribution in [-0.2, 0) is 6.61 Å². The predicted molar refractivity (Wildman–Crippen MR) is 102 cm³/mol. The lowest BCUT2D eigenvalue weighted by molar-refractivity contribution is -0.0361. The van der Waals surface area contributed by atoms with Gasteiger partial charge in [0, 0.05) is 30.6 Å². The van der Waals surface area contributed by atoms with E-state index in [4.69, 9.17) is 9.15 Å². The number of pyridine rings is 1. The second-order valence-corrected chi connectivity index (χ2v) is 7.11. The highest BCUT2D eigenvalue weighted by Crippen LogP contribution is 2.34. The summed E-state index contributed by atoms with van der Waals surface area (Å²) in [4.78, 5) is 17.3. The average molecular weight is 401 g/mol. The predicted octanol–water partition coefficient (Wildman–Crippen LogP) is 4.40. The van der Waals surface area contributed by atoms with Gasteiger partial charge < -0.3 is 14.5 Å². The summed E-state index contributed by atoms with van der Waals surface area (Å²) in [6.45, 7) is 2.04. The molecule has 1 saturated carbocycles. The maximum absolute atomic E-state index is 13.4. The highest BCUT2D eigenvalue weighted by molar-refractivity contribution is 5.54. The molecule has 3 heterocycles. The molecule has 4 rings (SSSR count). The van der Waals surface area contributed by atoms with Gasteiger partial charge in [0.1, 0.15) is 18.1 Å². The zero-order chi connectivity index (χ0) is 20.3. The third-order valence-corrected chi connectivity index (χ3v) is 4.73. The summed E-state index contributed by atoms with van der Waals surface area (Å²) in [6, 6.07) is 7.15. The number of oxazole rings is 1. The Morgan fingerprint density at radius 1 is 1.21 bits per heavy atom. The van der Waals surface area contributed by atoms with Crippen LogP contribution in [0.3, 0.4) is 0 Å². The fourth-order valence-corrected chi connectivity index (χ4v) is 3.21. The van der Waals surface area contributed by atoms with Gasteiger partial charge in [-0.2, -0.15) is 4.98 Å². The molecule has 0 spiro atoms. The van der Waals surface area contributed by atoms with E-state index >= 15 is 0 Å². The van der Waals surface area contributed by atoms with Crippen LogP contribution in [-0.4, -0.2) is 31.9 Å². The first-order chi connectivity index (χ1) is 14.0. The summed E-state index contributed by atoms with van der Waals surface area (Å²) in [5, 5.41) is 3.25. The van der Waals surface area contributed by atoms with E-state index in [1.54, 1.807) is 12.3 Å². The number of rotatable bonds is 6. The molecule has 3 aromatic heterocycles. The summed E-state index contributed by atoms with van der Waals surface area (Å²) in [7, 11) is 0. The molecule has 0 unspecified atom stereocenters. The third kappa shape index (κ3) is 5.04. The van der Waals surface area contributed by atoms with Crippen molar-refractivity contribution in [2.24, 2.45) is 0 Å². The number of alkyl halides is 2. The summed E-state index contributed by atoms with van der Waals surface area (Å²) < 4.78 is 37.8. The van der Waals surface area contributed by atoms with Crippen LogP contribution < -0.4 is 10.1 Å². The lowest BCUT2D eigenvalue weighted by Gasteiger charge is -2.29. The van der Waals surface area contributed by atoms with Gasteiger partial charge in [-0.05, 0) is 31.9 Å². The van der Waals surface area contributed by atoms with E-state index in [1.807, 2.05) is 25.1 Å². The lowest BCUT2D eigenvalue weighted by Crippen LogP contribution is -2.32. The van der Waals surface area contributed by atoms with Gasteiger partial charge in [-0.3, -0.25) is 0 Å². The Kier molecular flexibility index (Phi) is 5.37. The maximum Gasteiger partial charge on any atom is 0.248 e. The molecule has 1 aliphatic rings. The van der Waals surface area contributed by atoms with Crippen molar-refractivity contribution >= 4 is 5.82 Å². The van der Waals surface area contributed by atoms with E-state index in [9.17, 15) is 8.78 Å². The smallest absolute Gasteiger partial charge is 0.248 e. The molecule has 1 N–H and O–H groups in total. The first-order valence-corrected chi connectivity index (χ1v) is 9.44. The van der Waals surface area contributed by atoms with Crippen LogP contribution in [0.2, 0.25) is 0 Å². The molecule has 0 atom stereocenters. The minimum absolute atomic E-state index is 0.0787. The van der Waals surface area contributed by atoms with Gasteiger partial charge >= 0.3 is 0 Å². The molecule has 0 amide bonds. The summed E-state index contributed by atoms with van der Waals surface area (Å²) in [5.41, 5.74) is 1.44. The minimum atomic E-state index is -2.58. The van der Waals surface area contributed by atoms with Crippen LogP contribution in [0.25, 0.3) is 11.5 Å². The molecular weight excluding hydrogens is 380 g/mol. The Morgan fingerprint density at radius 2 is 2.03 bits per heavy atom. The molecule has 0 aliphatic heterocycles. The van der Waals surface area contributed by atoms with Gasteiger partial charge in [0.15, 0.2) is 18.0 Å². The first-order valence-electron chi connectivity index (χ1n) is 9.44. The fourth-order valence-electron chi connectivity index (χ4n) is 3.21. The van der Waals surface area contributed by atoms with E-state index in [-0.39, 0.29) is 25.5 Å². The largest absolute Gasteiger partial charge is 0.469 e. The van der Waals surface area contributed by atoms with Crippen molar-refractivity contribution < 1.29 is 17.9 Å². The average Bonchev–Trinajstić information content (AvgIpc) is 3.22. The minimum Gasteiger partial charge on any atom is -0.469 e. The number of nitrogens with zero attached hydrogens (tertiary/aromatic N) is 4. The Morgan fingerprint density at radius 3 is 2.76 bits per heavy atom. The van der Waals surface area contributed by atoms with Gasteiger partial charge in [-0.15, -0.1) is 0 Å². The van der Waals surface area contributed by atoms with E-state index in [0.717, 1.165) is 5.69 Å². The van der Waals surface area contributed by atoms with E-state index in [0.29, 0.717) is 41.8 Å². The van der Waals surface area contributed by atoms with Crippen molar-refractivity contribution in [1.82, 2.24) is 19.9 Å². The summed E-state index contributed by atoms with van der Waals surface area (Å²) >= 11 is 0. The lowest BCUT2D eigenvalue weighted by atomic mass is 9.92. The molecule has 1 fully saturated rings. The van der Waals surface area contributed by atoms with Gasteiger partial charge in [0.05, 0.1) is 6.20 Å². The maximum atomic E-state index is 13.4. The van der Waals surface area contributed by atoms with Crippen LogP contribution in [0.1, 0.15) is 37.1 Å². The second-order valence-electron chi connectivity index (χ2n) is 7.11. The van der Waals surface area contributed by atoms with Crippen molar-refractivity contribution in [2.45, 2.75) is 51.2 Å². The summed E-state index contributed by atoms with van der Waals surface area (Å²) in [6.07, 6.45) is 3.39. The zero-order valence-electron chi connectivity index (χ0n) is 15.9. The number of ether oxygens (including phenoxy) is 1. The molecule has 0 radical (unpaired) electrons. The van der Waals surface area contributed by atoms with Crippen LogP contribution in [0.5, 0.6) is 5.88 Å². The summed E-state index contributed by atoms with van der Waals surface area (Å²) in [5.74, 6) is -0.777. The molecule has 1 aliphatic carbocycles. The number of hydrogen-bond donors (Lipinski definition) is 1. The number of hydrogen-bond acceptors (Lipinski definition) is 7. The van der Waals surface area contributed by atoms with Gasteiger partial charge in [-0.25, -0.2) is 23.7 Å². The van der Waals surface area contributed by atoms with Crippen molar-refractivity contribution in [2.75, 3.05) is 5.32 Å². The Balaban J connectivity index is 1.57. The number of aromatic nitrogens is 4. The SMILES string of the molecule is Cc1cccc(-c2nc(NC3CCC(F)(F)CC3)cc(OCc3cnco3)n2)n1. The van der Waals surface area contributed by atoms with Crippen molar-refractivity contribution in [3.8, 4) is 17.4 Å². The number of halogens is 2. The molecule has 9 heteroatoms. The van der Waals surface area contributed by atoms with E-state index in [2.05, 4.69) is 25.3 Å². The highest BCUT2D eigenvalue weighted by Gasteiger charge is 2.35. The van der Waals surface area contributed by atoms with Crippen LogP contribution in [0.4, 0.5) is 14.6 Å². The Labute approximate surface area is 166 Å². The van der Waals surface area contributed by atoms with Gasteiger partial charge in [-0.1, -0.05) is 6.07 Å². The number of nitrogens with one attached hydrogen (secondary N) is 1. The third-order valence-electron chi connectivity index (χ3n) is 4.73. The molecule has 7 nitrogen and oxygen atoms in total. The number of anilines is 1. The van der Waals surface area contributed by atoms with Crippen LogP contribution >= 0.6 is 0 Å². The monoisotopic (exact) mass is 401 g/mol. The van der Waals surface area contributed by atoms with E-state index < -0.39 is 5.92 Å². The normalized spacial score (nSPS) is 16.5. The van der Waals surface area contributed by atoms with Crippen molar-refractivity contribution in [1.29, 1.82) is 0 Å². The second kappa shape index (κ2) is 8.10. The Bertz CT molecular complexity index is 955. The van der Waals surface area contributed by atoms with Gasteiger partial charge in [0.2, 0.25) is 11.8 Å². The molecule has 29 heavy (non-hydrogen) atoms. The fraction of sp³-hybridized carbons (Fsp3) is 0.400. The zero-order valence-corrected chi connectivity index (χ0v) is 15.9. The molecule has 0 saturated heterocycles. The highest BCUT2D eigenvalue weighted by atomic mass is 19.3. The van der Waals surface area contributed by atoms with Crippen LogP contribution in [0.15, 0.2) is 41.3 Å². The molecular formula is C20H21F2N5O2. The van der Waals surface area contributed by atoms with Crippen LogP contribution in [0, 0.1) is 6.92 Å². The topological polar surface area (TPSA) is 86.0 Å². The molecule has 3 aromatic rings. The number of aryl methyl sites for hydroxylation is 1. The van der Waals surface area contributed by atoms with Crippen molar-refractivity contribution in [3.05, 3.63) is 48.3 Å². The quantitative estimate of drug-likeness (QED) is 0.655. The van der Waals surface area contributed by atoms with E-state index in [1.165, 1.54) is 6.39 Å². The molecule has 152 valence electrons.